The van der Waals surface area contributed by atoms with Crippen molar-refractivity contribution in [3.63, 3.8) is 0 Å². The second kappa shape index (κ2) is 8.98. The maximum atomic E-state index is 12.8. The zero-order chi connectivity index (χ0) is 19.3. The van der Waals surface area contributed by atoms with E-state index in [1.807, 2.05) is 25.9 Å². The molecule has 26 heavy (non-hydrogen) atoms. The summed E-state index contributed by atoms with van der Waals surface area (Å²) in [4.78, 5) is 41.0. The van der Waals surface area contributed by atoms with Crippen molar-refractivity contribution in [1.29, 1.82) is 0 Å². The summed E-state index contributed by atoms with van der Waals surface area (Å²) >= 11 is 0. The van der Waals surface area contributed by atoms with Gasteiger partial charge in [0.05, 0.1) is 0 Å². The molecule has 1 fully saturated rings. The molecule has 7 nitrogen and oxygen atoms in total. The van der Waals surface area contributed by atoms with Crippen LogP contribution in [0.25, 0.3) is 0 Å². The van der Waals surface area contributed by atoms with Gasteiger partial charge in [0.25, 0.3) is 11.5 Å². The van der Waals surface area contributed by atoms with Crippen molar-refractivity contribution in [3.8, 4) is 0 Å². The molecule has 0 radical (unpaired) electrons. The molecule has 1 saturated heterocycles. The molecule has 144 valence electrons. The average molecular weight is 362 g/mol. The van der Waals surface area contributed by atoms with Crippen molar-refractivity contribution in [2.75, 3.05) is 40.3 Å². The van der Waals surface area contributed by atoms with Crippen molar-refractivity contribution >= 4 is 11.8 Å². The van der Waals surface area contributed by atoms with E-state index in [9.17, 15) is 14.4 Å². The first-order valence-corrected chi connectivity index (χ1v) is 9.23. The molecule has 1 N–H and O–H groups in total. The van der Waals surface area contributed by atoms with E-state index in [2.05, 4.69) is 5.32 Å². The number of nitrogens with one attached hydrogen (secondary N) is 1. The smallest absolute Gasteiger partial charge is 0.263 e. The van der Waals surface area contributed by atoms with Crippen LogP contribution in [-0.2, 0) is 4.79 Å². The highest BCUT2D eigenvalue weighted by Crippen LogP contribution is 2.10. The van der Waals surface area contributed by atoms with Crippen molar-refractivity contribution in [2.45, 2.75) is 39.2 Å². The molecule has 1 aromatic rings. The van der Waals surface area contributed by atoms with E-state index >= 15 is 0 Å². The van der Waals surface area contributed by atoms with E-state index in [0.717, 1.165) is 19.4 Å². The summed E-state index contributed by atoms with van der Waals surface area (Å²) in [6, 6.07) is 1.77. The second-order valence-corrected chi connectivity index (χ2v) is 7.29. The van der Waals surface area contributed by atoms with Crippen LogP contribution < -0.4 is 10.9 Å². The quantitative estimate of drug-likeness (QED) is 0.786. The summed E-state index contributed by atoms with van der Waals surface area (Å²) in [6.45, 7) is 6.02. The van der Waals surface area contributed by atoms with Crippen LogP contribution in [0.1, 0.15) is 48.1 Å². The molecule has 2 heterocycles. The van der Waals surface area contributed by atoms with Gasteiger partial charge in [0.2, 0.25) is 5.91 Å². The van der Waals surface area contributed by atoms with E-state index < -0.39 is 0 Å². The number of hydrogen-bond donors (Lipinski definition) is 1. The summed E-state index contributed by atoms with van der Waals surface area (Å²) < 4.78 is 1.61. The Morgan fingerprint density at radius 3 is 2.69 bits per heavy atom. The topological polar surface area (TPSA) is 74.7 Å². The maximum absolute atomic E-state index is 12.8. The first kappa shape index (κ1) is 20.2. The summed E-state index contributed by atoms with van der Waals surface area (Å²) in [5.41, 5.74) is 0.573. The molecule has 1 aliphatic rings. The number of aryl methyl sites for hydroxylation is 1. The fourth-order valence-electron chi connectivity index (χ4n) is 3.37. The van der Waals surface area contributed by atoms with Crippen molar-refractivity contribution in [3.05, 3.63) is 33.7 Å². The minimum Gasteiger partial charge on any atom is -0.350 e. The van der Waals surface area contributed by atoms with Crippen LogP contribution in [0.4, 0.5) is 0 Å². The largest absolute Gasteiger partial charge is 0.350 e. The first-order chi connectivity index (χ1) is 12.3. The van der Waals surface area contributed by atoms with Gasteiger partial charge in [0.1, 0.15) is 5.56 Å². The number of nitrogens with zero attached hydrogens (tertiary/aromatic N) is 3. The van der Waals surface area contributed by atoms with Crippen LogP contribution in [0.2, 0.25) is 0 Å². The zero-order valence-corrected chi connectivity index (χ0v) is 16.2. The number of likely N-dealkylation sites (N-methyl/N-ethyl adjacent to an activating group) is 1. The number of amides is 2. The number of carbonyl (C=O) groups excluding carboxylic acids is 2. The van der Waals surface area contributed by atoms with Crippen LogP contribution in [0.5, 0.6) is 0 Å². The Balaban J connectivity index is 2.05. The predicted molar refractivity (Wildman–Crippen MR) is 101 cm³/mol. The number of rotatable bonds is 7. The van der Waals surface area contributed by atoms with Crippen molar-refractivity contribution in [2.24, 2.45) is 0 Å². The second-order valence-electron chi connectivity index (χ2n) is 7.29. The molecule has 1 aromatic heterocycles. The van der Waals surface area contributed by atoms with Gasteiger partial charge in [-0.05, 0) is 52.4 Å². The molecule has 0 aromatic carbocycles. The molecule has 0 aliphatic carbocycles. The molecule has 1 unspecified atom stereocenters. The first-order valence-electron chi connectivity index (χ1n) is 9.23. The van der Waals surface area contributed by atoms with Gasteiger partial charge in [-0.1, -0.05) is 0 Å². The summed E-state index contributed by atoms with van der Waals surface area (Å²) in [5.74, 6) is -0.232. The average Bonchev–Trinajstić information content (AvgIpc) is 2.56. The predicted octanol–water partition coefficient (Wildman–Crippen LogP) is 1.02. The Morgan fingerprint density at radius 2 is 2.04 bits per heavy atom. The van der Waals surface area contributed by atoms with Crippen LogP contribution in [-0.4, -0.2) is 66.5 Å². The van der Waals surface area contributed by atoms with E-state index in [1.54, 1.807) is 28.7 Å². The lowest BCUT2D eigenvalue weighted by Gasteiger charge is -2.26. The molecule has 0 bridgehead atoms. The lowest BCUT2D eigenvalue weighted by atomic mass is 10.1. The number of carbonyl (C=O) groups is 2. The SMILES string of the molecule is Cc1ccn(C(C)CN(C)C)c(=O)c1C(=O)NCCN1CCCCC1=O. The number of hydrogen-bond acceptors (Lipinski definition) is 4. The van der Waals surface area contributed by atoms with E-state index in [0.29, 0.717) is 31.6 Å². The summed E-state index contributed by atoms with van der Waals surface area (Å²) in [5, 5.41) is 2.80. The Kier molecular flexibility index (Phi) is 6.97. The number of pyridine rings is 1. The Labute approximate surface area is 155 Å². The van der Waals surface area contributed by atoms with Gasteiger partial charge in [-0.15, -0.1) is 0 Å². The zero-order valence-electron chi connectivity index (χ0n) is 16.2. The highest BCUT2D eigenvalue weighted by Gasteiger charge is 2.20. The Morgan fingerprint density at radius 1 is 1.31 bits per heavy atom. The van der Waals surface area contributed by atoms with Crippen LogP contribution in [0.15, 0.2) is 17.1 Å². The summed E-state index contributed by atoms with van der Waals surface area (Å²) in [6.07, 6.45) is 4.27. The van der Waals surface area contributed by atoms with Gasteiger partial charge in [-0.3, -0.25) is 14.4 Å². The summed E-state index contributed by atoms with van der Waals surface area (Å²) in [7, 11) is 3.90. The normalized spacial score (nSPS) is 16.0. The lowest BCUT2D eigenvalue weighted by molar-refractivity contribution is -0.133. The van der Waals surface area contributed by atoms with Gasteiger partial charge in [-0.2, -0.15) is 0 Å². The number of piperidine rings is 1. The lowest BCUT2D eigenvalue weighted by Crippen LogP contribution is -2.42. The number of likely N-dealkylation sites (tertiary alicyclic amines) is 1. The van der Waals surface area contributed by atoms with Gasteiger partial charge >= 0.3 is 0 Å². The maximum Gasteiger partial charge on any atom is 0.263 e. The van der Waals surface area contributed by atoms with Crippen LogP contribution in [0, 0.1) is 6.92 Å². The highest BCUT2D eigenvalue weighted by atomic mass is 16.2. The molecule has 2 amide bonds. The molecular weight excluding hydrogens is 332 g/mol. The minimum absolute atomic E-state index is 0.0318. The van der Waals surface area contributed by atoms with E-state index in [1.165, 1.54) is 0 Å². The van der Waals surface area contributed by atoms with Crippen molar-refractivity contribution in [1.82, 2.24) is 19.7 Å². The monoisotopic (exact) mass is 362 g/mol. The Bertz CT molecular complexity index is 711. The third-order valence-corrected chi connectivity index (χ3v) is 4.75. The highest BCUT2D eigenvalue weighted by molar-refractivity contribution is 5.95. The molecule has 1 aliphatic heterocycles. The molecule has 0 spiro atoms. The van der Waals surface area contributed by atoms with E-state index in [4.69, 9.17) is 0 Å². The Hall–Kier alpha value is -2.15. The van der Waals surface area contributed by atoms with E-state index in [-0.39, 0.29) is 29.0 Å². The van der Waals surface area contributed by atoms with Gasteiger partial charge in [-0.25, -0.2) is 0 Å². The molecule has 7 heteroatoms. The van der Waals surface area contributed by atoms with Crippen molar-refractivity contribution < 1.29 is 9.59 Å². The standard InChI is InChI=1S/C19H30N4O3/c1-14-8-11-23(15(2)13-21(3)4)19(26)17(14)18(25)20-9-12-22-10-6-5-7-16(22)24/h8,11,15H,5-7,9-10,12-13H2,1-4H3,(H,20,25). The fourth-order valence-corrected chi connectivity index (χ4v) is 3.37. The van der Waals surface area contributed by atoms with Gasteiger partial charge in [0, 0.05) is 44.8 Å². The van der Waals surface area contributed by atoms with Crippen LogP contribution in [0.3, 0.4) is 0 Å². The third kappa shape index (κ3) is 4.94. The van der Waals surface area contributed by atoms with Gasteiger partial charge in [0.15, 0.2) is 0 Å². The molecule has 2 rings (SSSR count). The van der Waals surface area contributed by atoms with Crippen LogP contribution >= 0.6 is 0 Å². The van der Waals surface area contributed by atoms with Gasteiger partial charge < -0.3 is 19.7 Å². The molecule has 1 atom stereocenters. The molecular formula is C19H30N4O3. The fraction of sp³-hybridized carbons (Fsp3) is 0.632. The minimum atomic E-state index is -0.372. The molecule has 0 saturated carbocycles. The number of aromatic nitrogens is 1. The third-order valence-electron chi connectivity index (χ3n) is 4.75.